The fourth-order valence-corrected chi connectivity index (χ4v) is 2.32. The van der Waals surface area contributed by atoms with E-state index in [1.165, 1.54) is 41.8 Å². The summed E-state index contributed by atoms with van der Waals surface area (Å²) in [4.78, 5) is 0. The second kappa shape index (κ2) is 2.88. The second-order valence-electron chi connectivity index (χ2n) is 4.27. The van der Waals surface area contributed by atoms with Crippen LogP contribution in [-0.2, 0) is 0 Å². The molecule has 0 unspecified atom stereocenters. The van der Waals surface area contributed by atoms with Gasteiger partial charge in [-0.2, -0.15) is 0 Å². The maximum atomic E-state index is 4.73. The second-order valence-corrected chi connectivity index (χ2v) is 4.27. The van der Waals surface area contributed by atoms with Gasteiger partial charge in [-0.25, -0.2) is 0 Å². The van der Waals surface area contributed by atoms with Crippen LogP contribution in [0.2, 0.25) is 0 Å². The molecule has 0 bridgehead atoms. The van der Waals surface area contributed by atoms with E-state index in [1.807, 2.05) is 0 Å². The lowest BCUT2D eigenvalue weighted by Crippen LogP contribution is -2.17. The Kier molecular flexibility index (Phi) is 1.66. The first-order chi connectivity index (χ1) is 6.86. The molecule has 0 amide bonds. The molecule has 1 saturated carbocycles. The molecule has 0 saturated heterocycles. The Balaban J connectivity index is 2.00. The Morgan fingerprint density at radius 3 is 2.64 bits per heavy atom. The van der Waals surface area contributed by atoms with E-state index in [0.29, 0.717) is 0 Å². The van der Waals surface area contributed by atoms with Crippen molar-refractivity contribution in [3.8, 4) is 0 Å². The summed E-state index contributed by atoms with van der Waals surface area (Å²) in [6, 6.07) is 8.46. The van der Waals surface area contributed by atoms with E-state index in [-0.39, 0.29) is 0 Å². The Bertz CT molecular complexity index is 399. The third kappa shape index (κ3) is 1.02. The van der Waals surface area contributed by atoms with Gasteiger partial charge < -0.3 is 0 Å². The minimum atomic E-state index is 0.752. The highest BCUT2D eigenvalue weighted by molar-refractivity contribution is 5.81. The molecule has 3 rings (SSSR count). The van der Waals surface area contributed by atoms with Crippen molar-refractivity contribution in [2.45, 2.75) is 26.2 Å². The molecule has 1 heterocycles. The standard InChI is InChI=1S/C13H14N/c1-9-11-7-2-3-8-12(11)14-13(9)10-5-4-6-10/h2-3,7-8,10H,4-6H2,1H3. The highest BCUT2D eigenvalue weighted by Gasteiger charge is 2.29. The summed E-state index contributed by atoms with van der Waals surface area (Å²) in [6.45, 7) is 2.21. The van der Waals surface area contributed by atoms with Crippen molar-refractivity contribution in [2.75, 3.05) is 0 Å². The molecule has 0 atom stereocenters. The predicted molar refractivity (Wildman–Crippen MR) is 58.2 cm³/mol. The normalized spacial score (nSPS) is 20.4. The number of rotatable bonds is 1. The summed E-state index contributed by atoms with van der Waals surface area (Å²) >= 11 is 0. The van der Waals surface area contributed by atoms with E-state index >= 15 is 0 Å². The highest BCUT2D eigenvalue weighted by Crippen LogP contribution is 2.43. The van der Waals surface area contributed by atoms with Crippen molar-refractivity contribution in [1.29, 1.82) is 0 Å². The summed E-state index contributed by atoms with van der Waals surface area (Å²) in [5.41, 5.74) is 5.28. The lowest BCUT2D eigenvalue weighted by Gasteiger charge is -2.26. The van der Waals surface area contributed by atoms with Gasteiger partial charge in [0.2, 0.25) is 0 Å². The molecule has 1 radical (unpaired) electrons. The van der Waals surface area contributed by atoms with Crippen LogP contribution in [0, 0.1) is 5.92 Å². The first kappa shape index (κ1) is 8.10. The van der Waals surface area contributed by atoms with Crippen molar-refractivity contribution < 1.29 is 0 Å². The van der Waals surface area contributed by atoms with Crippen LogP contribution in [0.25, 0.3) is 5.57 Å². The summed E-state index contributed by atoms with van der Waals surface area (Å²) in [5, 5.41) is 4.73. The van der Waals surface area contributed by atoms with Gasteiger partial charge in [0.05, 0.1) is 5.69 Å². The van der Waals surface area contributed by atoms with Crippen molar-refractivity contribution in [1.82, 2.24) is 5.32 Å². The molecular weight excluding hydrogens is 170 g/mol. The van der Waals surface area contributed by atoms with Gasteiger partial charge in [0.25, 0.3) is 0 Å². The van der Waals surface area contributed by atoms with Crippen molar-refractivity contribution in [3.05, 3.63) is 35.5 Å². The molecule has 1 fully saturated rings. The number of para-hydroxylation sites is 1. The SMILES string of the molecule is CC1=C(C2CCC2)[N]c2ccccc21. The third-order valence-electron chi connectivity index (χ3n) is 3.43. The van der Waals surface area contributed by atoms with E-state index in [2.05, 4.69) is 31.2 Å². The molecule has 0 N–H and O–H groups in total. The number of nitrogens with zero attached hydrogens (tertiary/aromatic N) is 1. The van der Waals surface area contributed by atoms with Crippen LogP contribution in [0.3, 0.4) is 0 Å². The maximum Gasteiger partial charge on any atom is 0.0708 e. The van der Waals surface area contributed by atoms with Gasteiger partial charge in [0.15, 0.2) is 0 Å². The molecule has 1 aliphatic carbocycles. The van der Waals surface area contributed by atoms with Crippen LogP contribution in [-0.4, -0.2) is 0 Å². The molecule has 14 heavy (non-hydrogen) atoms. The molecule has 0 aromatic heterocycles. The first-order valence-electron chi connectivity index (χ1n) is 5.38. The lowest BCUT2D eigenvalue weighted by molar-refractivity contribution is 0.359. The van der Waals surface area contributed by atoms with E-state index in [1.54, 1.807) is 0 Å². The highest BCUT2D eigenvalue weighted by atomic mass is 14.9. The van der Waals surface area contributed by atoms with Crippen LogP contribution in [0.5, 0.6) is 0 Å². The smallest absolute Gasteiger partial charge is 0.0708 e. The molecule has 1 aromatic rings. The molecule has 2 aliphatic rings. The Morgan fingerprint density at radius 2 is 2.00 bits per heavy atom. The maximum absolute atomic E-state index is 4.73. The van der Waals surface area contributed by atoms with Crippen LogP contribution in [0.4, 0.5) is 5.69 Å². The number of hydrogen-bond acceptors (Lipinski definition) is 0. The van der Waals surface area contributed by atoms with E-state index in [4.69, 9.17) is 5.32 Å². The largest absolute Gasteiger partial charge is 0.252 e. The van der Waals surface area contributed by atoms with Gasteiger partial charge in [0.1, 0.15) is 0 Å². The summed E-state index contributed by atoms with van der Waals surface area (Å²) in [5.74, 6) is 0.752. The van der Waals surface area contributed by atoms with Crippen LogP contribution >= 0.6 is 0 Å². The number of hydrogen-bond donors (Lipinski definition) is 0. The van der Waals surface area contributed by atoms with Crippen LogP contribution < -0.4 is 5.32 Å². The molecule has 1 heteroatoms. The molecule has 0 spiro atoms. The molecule has 1 aliphatic heterocycles. The number of allylic oxidation sites excluding steroid dienone is 2. The average molecular weight is 184 g/mol. The van der Waals surface area contributed by atoms with Gasteiger partial charge >= 0.3 is 0 Å². The van der Waals surface area contributed by atoms with Crippen LogP contribution in [0.15, 0.2) is 30.0 Å². The Labute approximate surface area is 84.8 Å². The summed E-state index contributed by atoms with van der Waals surface area (Å²) in [7, 11) is 0. The zero-order chi connectivity index (χ0) is 9.54. The minimum Gasteiger partial charge on any atom is -0.252 e. The summed E-state index contributed by atoms with van der Waals surface area (Å²) in [6.07, 6.45) is 4.06. The molecular formula is C13H14N. The molecule has 1 aromatic carbocycles. The third-order valence-corrected chi connectivity index (χ3v) is 3.43. The van der Waals surface area contributed by atoms with Gasteiger partial charge in [-0.05, 0) is 31.4 Å². The fraction of sp³-hybridized carbons (Fsp3) is 0.385. The van der Waals surface area contributed by atoms with E-state index < -0.39 is 0 Å². The Morgan fingerprint density at radius 1 is 1.21 bits per heavy atom. The van der Waals surface area contributed by atoms with Crippen molar-refractivity contribution in [3.63, 3.8) is 0 Å². The number of fused-ring (bicyclic) bond motifs is 1. The quantitative estimate of drug-likeness (QED) is 0.634. The lowest BCUT2D eigenvalue weighted by atomic mass is 9.81. The topological polar surface area (TPSA) is 14.1 Å². The zero-order valence-corrected chi connectivity index (χ0v) is 8.46. The Hall–Kier alpha value is -1.24. The molecule has 1 nitrogen and oxygen atoms in total. The summed E-state index contributed by atoms with van der Waals surface area (Å²) < 4.78 is 0. The van der Waals surface area contributed by atoms with Crippen LogP contribution in [0.1, 0.15) is 31.7 Å². The van der Waals surface area contributed by atoms with Gasteiger partial charge in [-0.3, -0.25) is 5.32 Å². The van der Waals surface area contributed by atoms with Crippen molar-refractivity contribution in [2.24, 2.45) is 5.92 Å². The van der Waals surface area contributed by atoms with E-state index in [0.717, 1.165) is 5.92 Å². The van der Waals surface area contributed by atoms with Gasteiger partial charge in [-0.1, -0.05) is 24.6 Å². The number of benzene rings is 1. The average Bonchev–Trinajstić information content (AvgIpc) is 2.43. The predicted octanol–water partition coefficient (Wildman–Crippen LogP) is 3.47. The first-order valence-corrected chi connectivity index (χ1v) is 5.38. The van der Waals surface area contributed by atoms with Gasteiger partial charge in [0, 0.05) is 17.2 Å². The zero-order valence-electron chi connectivity index (χ0n) is 8.46. The van der Waals surface area contributed by atoms with E-state index in [9.17, 15) is 0 Å². The minimum absolute atomic E-state index is 0.752. The van der Waals surface area contributed by atoms with Gasteiger partial charge in [-0.15, -0.1) is 0 Å². The molecule has 71 valence electrons. The fourth-order valence-electron chi connectivity index (χ4n) is 2.32. The van der Waals surface area contributed by atoms with Crippen molar-refractivity contribution >= 4 is 11.3 Å². The monoisotopic (exact) mass is 184 g/mol.